The SMILES string of the molecule is CC[C@H](NC(=O)c1cc(S(=O)(=O)N2CCC(C)CC2)ccc1C)c1ccc(C)cc1. The maximum absolute atomic E-state index is 13.1. The number of aryl methyl sites for hydroxylation is 2. The van der Waals surface area contributed by atoms with E-state index in [9.17, 15) is 13.2 Å². The van der Waals surface area contributed by atoms with Crippen molar-refractivity contribution in [1.29, 1.82) is 0 Å². The van der Waals surface area contributed by atoms with E-state index < -0.39 is 10.0 Å². The van der Waals surface area contributed by atoms with Gasteiger partial charge in [0.05, 0.1) is 10.9 Å². The Kier molecular flexibility index (Phi) is 6.98. The van der Waals surface area contributed by atoms with Gasteiger partial charge in [-0.1, -0.05) is 49.7 Å². The zero-order valence-electron chi connectivity index (χ0n) is 18.3. The minimum Gasteiger partial charge on any atom is -0.345 e. The molecule has 1 fully saturated rings. The van der Waals surface area contributed by atoms with Gasteiger partial charge in [-0.3, -0.25) is 4.79 Å². The van der Waals surface area contributed by atoms with Gasteiger partial charge < -0.3 is 5.32 Å². The molecular formula is C24H32N2O3S. The van der Waals surface area contributed by atoms with Crippen molar-refractivity contribution < 1.29 is 13.2 Å². The zero-order chi connectivity index (χ0) is 21.9. The third kappa shape index (κ3) is 4.93. The Morgan fingerprint density at radius 1 is 1.10 bits per heavy atom. The van der Waals surface area contributed by atoms with Crippen molar-refractivity contribution in [1.82, 2.24) is 9.62 Å². The summed E-state index contributed by atoms with van der Waals surface area (Å²) in [6.45, 7) is 9.10. The van der Waals surface area contributed by atoms with Crippen molar-refractivity contribution in [2.24, 2.45) is 5.92 Å². The smallest absolute Gasteiger partial charge is 0.252 e. The Balaban J connectivity index is 1.83. The fraction of sp³-hybridized carbons (Fsp3) is 0.458. The Bertz CT molecular complexity index is 992. The van der Waals surface area contributed by atoms with Crippen molar-refractivity contribution in [2.75, 3.05) is 13.1 Å². The Morgan fingerprint density at radius 2 is 1.73 bits per heavy atom. The second kappa shape index (κ2) is 9.31. The number of sulfonamides is 1. The Morgan fingerprint density at radius 3 is 2.33 bits per heavy atom. The molecule has 1 aliphatic rings. The molecule has 1 heterocycles. The molecule has 0 saturated carbocycles. The highest BCUT2D eigenvalue weighted by Crippen LogP contribution is 2.25. The molecule has 2 aromatic carbocycles. The number of amides is 1. The highest BCUT2D eigenvalue weighted by atomic mass is 32.2. The van der Waals surface area contributed by atoms with Gasteiger partial charge in [0.2, 0.25) is 10.0 Å². The van der Waals surface area contributed by atoms with Gasteiger partial charge in [-0.05, 0) is 62.3 Å². The van der Waals surface area contributed by atoms with Crippen molar-refractivity contribution in [3.8, 4) is 0 Å². The fourth-order valence-corrected chi connectivity index (χ4v) is 5.33. The predicted octanol–water partition coefficient (Wildman–Crippen LogP) is 4.61. The van der Waals surface area contributed by atoms with E-state index in [4.69, 9.17) is 0 Å². The molecule has 162 valence electrons. The van der Waals surface area contributed by atoms with Crippen LogP contribution in [-0.4, -0.2) is 31.7 Å². The van der Waals surface area contributed by atoms with Gasteiger partial charge >= 0.3 is 0 Å². The first kappa shape index (κ1) is 22.5. The second-order valence-electron chi connectivity index (χ2n) is 8.41. The number of carbonyl (C=O) groups is 1. The molecule has 1 aliphatic heterocycles. The first-order chi connectivity index (χ1) is 14.2. The lowest BCUT2D eigenvalue weighted by Crippen LogP contribution is -2.38. The number of nitrogens with zero attached hydrogens (tertiary/aromatic N) is 1. The van der Waals surface area contributed by atoms with Crippen LogP contribution in [0.1, 0.15) is 66.2 Å². The molecule has 1 amide bonds. The van der Waals surface area contributed by atoms with Crippen molar-refractivity contribution in [3.05, 3.63) is 64.7 Å². The monoisotopic (exact) mass is 428 g/mol. The molecule has 0 aliphatic carbocycles. The van der Waals surface area contributed by atoms with E-state index in [1.54, 1.807) is 16.4 Å². The molecule has 0 bridgehead atoms. The summed E-state index contributed by atoms with van der Waals surface area (Å²) in [5.74, 6) is 0.299. The lowest BCUT2D eigenvalue weighted by molar-refractivity contribution is 0.0934. The van der Waals surface area contributed by atoms with E-state index in [-0.39, 0.29) is 16.8 Å². The number of benzene rings is 2. The van der Waals surface area contributed by atoms with Gasteiger partial charge in [0.1, 0.15) is 0 Å². The van der Waals surface area contributed by atoms with Crippen molar-refractivity contribution in [3.63, 3.8) is 0 Å². The summed E-state index contributed by atoms with van der Waals surface area (Å²) < 4.78 is 27.8. The van der Waals surface area contributed by atoms with Gasteiger partial charge in [-0.25, -0.2) is 8.42 Å². The van der Waals surface area contributed by atoms with Crippen LogP contribution in [-0.2, 0) is 10.0 Å². The molecule has 5 nitrogen and oxygen atoms in total. The van der Waals surface area contributed by atoms with Crippen LogP contribution < -0.4 is 5.32 Å². The summed E-state index contributed by atoms with van der Waals surface area (Å²) in [5.41, 5.74) is 3.38. The Hall–Kier alpha value is -2.18. The van der Waals surface area contributed by atoms with E-state index in [1.165, 1.54) is 11.6 Å². The topological polar surface area (TPSA) is 66.5 Å². The normalized spacial score (nSPS) is 16.9. The summed E-state index contributed by atoms with van der Waals surface area (Å²) in [5, 5.41) is 3.08. The molecule has 0 unspecified atom stereocenters. The zero-order valence-corrected chi connectivity index (χ0v) is 19.1. The molecule has 2 aromatic rings. The molecular weight excluding hydrogens is 396 g/mol. The summed E-state index contributed by atoms with van der Waals surface area (Å²) >= 11 is 0. The predicted molar refractivity (Wildman–Crippen MR) is 120 cm³/mol. The van der Waals surface area contributed by atoms with Crippen LogP contribution in [0.4, 0.5) is 0 Å². The maximum Gasteiger partial charge on any atom is 0.252 e. The number of carbonyl (C=O) groups excluding carboxylic acids is 1. The molecule has 1 atom stereocenters. The summed E-state index contributed by atoms with van der Waals surface area (Å²) in [6.07, 6.45) is 2.48. The molecule has 1 N–H and O–H groups in total. The fourth-order valence-electron chi connectivity index (χ4n) is 3.84. The van der Waals surface area contributed by atoms with E-state index in [0.717, 1.165) is 30.4 Å². The van der Waals surface area contributed by atoms with Crippen LogP contribution in [0, 0.1) is 19.8 Å². The van der Waals surface area contributed by atoms with Gasteiger partial charge in [0.15, 0.2) is 0 Å². The summed E-state index contributed by atoms with van der Waals surface area (Å²) in [4.78, 5) is 13.2. The molecule has 0 spiro atoms. The van der Waals surface area contributed by atoms with Crippen LogP contribution in [0.3, 0.4) is 0 Å². The number of hydrogen-bond donors (Lipinski definition) is 1. The van der Waals surface area contributed by atoms with Crippen LogP contribution in [0.25, 0.3) is 0 Å². The van der Waals surface area contributed by atoms with E-state index in [1.807, 2.05) is 45.0 Å². The summed E-state index contributed by atoms with van der Waals surface area (Å²) in [6, 6.07) is 12.8. The number of nitrogens with one attached hydrogen (secondary N) is 1. The van der Waals surface area contributed by atoms with E-state index >= 15 is 0 Å². The first-order valence-corrected chi connectivity index (χ1v) is 12.1. The lowest BCUT2D eigenvalue weighted by atomic mass is 10.0. The lowest BCUT2D eigenvalue weighted by Gasteiger charge is -2.29. The number of hydrogen-bond acceptors (Lipinski definition) is 3. The van der Waals surface area contributed by atoms with Gasteiger partial charge in [0, 0.05) is 18.7 Å². The van der Waals surface area contributed by atoms with E-state index in [2.05, 4.69) is 12.2 Å². The van der Waals surface area contributed by atoms with E-state index in [0.29, 0.717) is 24.6 Å². The van der Waals surface area contributed by atoms with Crippen LogP contribution in [0.5, 0.6) is 0 Å². The minimum absolute atomic E-state index is 0.124. The van der Waals surface area contributed by atoms with Crippen molar-refractivity contribution in [2.45, 2.75) is 57.9 Å². The number of rotatable bonds is 6. The quantitative estimate of drug-likeness (QED) is 0.731. The average Bonchev–Trinajstić information content (AvgIpc) is 2.73. The Labute approximate surface area is 180 Å². The molecule has 6 heteroatoms. The third-order valence-corrected chi connectivity index (χ3v) is 7.92. The van der Waals surface area contributed by atoms with Crippen LogP contribution in [0.15, 0.2) is 47.4 Å². The molecule has 1 saturated heterocycles. The molecule has 0 aromatic heterocycles. The summed E-state index contributed by atoms with van der Waals surface area (Å²) in [7, 11) is -3.60. The highest BCUT2D eigenvalue weighted by molar-refractivity contribution is 7.89. The van der Waals surface area contributed by atoms with Gasteiger partial charge in [-0.2, -0.15) is 4.31 Å². The average molecular weight is 429 g/mol. The van der Waals surface area contributed by atoms with Crippen molar-refractivity contribution >= 4 is 15.9 Å². The van der Waals surface area contributed by atoms with Crippen LogP contribution in [0.2, 0.25) is 0 Å². The molecule has 0 radical (unpaired) electrons. The van der Waals surface area contributed by atoms with Crippen LogP contribution >= 0.6 is 0 Å². The third-order valence-electron chi connectivity index (χ3n) is 6.03. The standard InChI is InChI=1S/C24H32N2O3S/c1-5-23(20-9-6-17(2)7-10-20)25-24(27)22-16-21(11-8-19(22)4)30(28,29)26-14-12-18(3)13-15-26/h6-11,16,18,23H,5,12-15H2,1-4H3,(H,25,27)/t23-/m0/s1. The highest BCUT2D eigenvalue weighted by Gasteiger charge is 2.29. The first-order valence-electron chi connectivity index (χ1n) is 10.7. The molecule has 30 heavy (non-hydrogen) atoms. The maximum atomic E-state index is 13.1. The van der Waals surface area contributed by atoms with Gasteiger partial charge in [-0.15, -0.1) is 0 Å². The minimum atomic E-state index is -3.60. The molecule has 3 rings (SSSR count). The largest absolute Gasteiger partial charge is 0.345 e. The van der Waals surface area contributed by atoms with Gasteiger partial charge in [0.25, 0.3) is 5.91 Å². The number of piperidine rings is 1. The second-order valence-corrected chi connectivity index (χ2v) is 10.3.